The van der Waals surface area contributed by atoms with Crippen molar-refractivity contribution in [2.24, 2.45) is 0 Å². The molecule has 3 aromatic rings. The molecule has 1 saturated heterocycles. The summed E-state index contributed by atoms with van der Waals surface area (Å²) in [6.45, 7) is 0.686. The molecule has 1 fully saturated rings. The fourth-order valence-corrected chi connectivity index (χ4v) is 4.15. The molecule has 2 heterocycles. The summed E-state index contributed by atoms with van der Waals surface area (Å²) in [6, 6.07) is 16.7. The summed E-state index contributed by atoms with van der Waals surface area (Å²) in [4.78, 5) is 18.8. The third-order valence-corrected chi connectivity index (χ3v) is 5.55. The van der Waals surface area contributed by atoms with Crippen molar-refractivity contribution >= 4 is 16.9 Å². The minimum absolute atomic E-state index is 0.330. The van der Waals surface area contributed by atoms with Gasteiger partial charge in [0.25, 0.3) is 0 Å². The van der Waals surface area contributed by atoms with Crippen LogP contribution in [0.1, 0.15) is 30.1 Å². The van der Waals surface area contributed by atoms with Gasteiger partial charge in [-0.3, -0.25) is 14.7 Å². The summed E-state index contributed by atoms with van der Waals surface area (Å²) >= 11 is 0. The van der Waals surface area contributed by atoms with Gasteiger partial charge in [-0.2, -0.15) is 0 Å². The van der Waals surface area contributed by atoms with E-state index in [4.69, 9.17) is 14.5 Å². The van der Waals surface area contributed by atoms with Crippen LogP contribution in [-0.4, -0.2) is 47.8 Å². The highest BCUT2D eigenvalue weighted by Crippen LogP contribution is 2.40. The largest absolute Gasteiger partial charge is 0.497 e. The van der Waals surface area contributed by atoms with E-state index in [1.807, 2.05) is 59.5 Å². The predicted octanol–water partition coefficient (Wildman–Crippen LogP) is 3.89. The maximum absolute atomic E-state index is 11.9. The fourth-order valence-electron chi connectivity index (χ4n) is 4.15. The lowest BCUT2D eigenvalue weighted by Crippen LogP contribution is -2.39. The van der Waals surface area contributed by atoms with Gasteiger partial charge in [0.05, 0.1) is 31.5 Å². The van der Waals surface area contributed by atoms with Crippen molar-refractivity contribution in [1.82, 2.24) is 9.88 Å². The van der Waals surface area contributed by atoms with Crippen LogP contribution in [0.15, 0.2) is 54.6 Å². The zero-order valence-electron chi connectivity index (χ0n) is 16.5. The number of nitrogens with zero attached hydrogens (tertiary/aromatic N) is 2. The normalized spacial score (nSPS) is 17.9. The van der Waals surface area contributed by atoms with E-state index in [2.05, 4.69) is 0 Å². The maximum atomic E-state index is 11.9. The zero-order valence-corrected chi connectivity index (χ0v) is 16.5. The molecule has 0 amide bonds. The minimum atomic E-state index is -0.805. The molecule has 0 bridgehead atoms. The van der Waals surface area contributed by atoms with E-state index in [1.165, 1.54) is 0 Å². The monoisotopic (exact) mass is 392 g/mol. The number of hydrogen-bond donors (Lipinski definition) is 1. The Bertz CT molecular complexity index is 1040. The van der Waals surface area contributed by atoms with Crippen molar-refractivity contribution in [3.05, 3.63) is 65.9 Å². The highest BCUT2D eigenvalue weighted by molar-refractivity contribution is 5.78. The standard InChI is InChI=1S/C23H24N2O4/c1-28-16-10-11-17(21(14-16)29-2)22(25-13-5-8-20(25)23(26)27)19-12-9-15-6-3-4-7-18(15)24-19/h3-4,6-7,9-12,14,20,22H,5,8,13H2,1-2H3,(H,26,27). The number of aliphatic carboxylic acids is 1. The number of aromatic nitrogens is 1. The summed E-state index contributed by atoms with van der Waals surface area (Å²) in [5, 5.41) is 10.8. The molecule has 6 nitrogen and oxygen atoms in total. The summed E-state index contributed by atoms with van der Waals surface area (Å²) < 4.78 is 11.0. The number of likely N-dealkylation sites (tertiary alicyclic amines) is 1. The lowest BCUT2D eigenvalue weighted by molar-refractivity contribution is -0.142. The number of hydrogen-bond acceptors (Lipinski definition) is 5. The number of carboxylic acid groups (broad SMARTS) is 1. The first-order valence-electron chi connectivity index (χ1n) is 9.68. The minimum Gasteiger partial charge on any atom is -0.497 e. The number of benzene rings is 2. The second-order valence-corrected chi connectivity index (χ2v) is 7.17. The molecular weight excluding hydrogens is 368 g/mol. The van der Waals surface area contributed by atoms with Gasteiger partial charge in [0.15, 0.2) is 0 Å². The third kappa shape index (κ3) is 3.63. The van der Waals surface area contributed by atoms with Crippen LogP contribution in [-0.2, 0) is 4.79 Å². The third-order valence-electron chi connectivity index (χ3n) is 5.55. The molecule has 0 radical (unpaired) electrons. The van der Waals surface area contributed by atoms with Crippen LogP contribution >= 0.6 is 0 Å². The van der Waals surface area contributed by atoms with E-state index in [0.717, 1.165) is 28.6 Å². The summed E-state index contributed by atoms with van der Waals surface area (Å²) in [5.41, 5.74) is 2.57. The van der Waals surface area contributed by atoms with Crippen LogP contribution in [0.4, 0.5) is 0 Å². The Balaban J connectivity index is 1.88. The van der Waals surface area contributed by atoms with E-state index < -0.39 is 12.0 Å². The van der Waals surface area contributed by atoms with E-state index in [1.54, 1.807) is 14.2 Å². The molecular formula is C23H24N2O4. The van der Waals surface area contributed by atoms with Gasteiger partial charge in [0.1, 0.15) is 17.5 Å². The molecule has 0 saturated carbocycles. The van der Waals surface area contributed by atoms with Crippen molar-refractivity contribution < 1.29 is 19.4 Å². The number of fused-ring (bicyclic) bond motifs is 1. The average Bonchev–Trinajstić information content (AvgIpc) is 3.24. The first-order chi connectivity index (χ1) is 14.1. The number of rotatable bonds is 6. The number of methoxy groups -OCH3 is 2. The molecule has 1 N–H and O–H groups in total. The predicted molar refractivity (Wildman–Crippen MR) is 110 cm³/mol. The van der Waals surface area contributed by atoms with Crippen LogP contribution in [0.5, 0.6) is 11.5 Å². The molecule has 29 heavy (non-hydrogen) atoms. The Morgan fingerprint density at radius 3 is 2.72 bits per heavy atom. The van der Waals surface area contributed by atoms with Crippen LogP contribution < -0.4 is 9.47 Å². The second kappa shape index (κ2) is 8.09. The van der Waals surface area contributed by atoms with Gasteiger partial charge in [-0.15, -0.1) is 0 Å². The molecule has 1 aromatic heterocycles. The Kier molecular flexibility index (Phi) is 5.36. The summed E-state index contributed by atoms with van der Waals surface area (Å²) in [5.74, 6) is 0.535. The first kappa shape index (κ1) is 19.2. The fraction of sp³-hybridized carbons (Fsp3) is 0.304. The molecule has 2 unspecified atom stereocenters. The molecule has 150 valence electrons. The van der Waals surface area contributed by atoms with Crippen molar-refractivity contribution in [2.75, 3.05) is 20.8 Å². The zero-order chi connectivity index (χ0) is 20.4. The summed E-state index contributed by atoms with van der Waals surface area (Å²) in [7, 11) is 3.22. The summed E-state index contributed by atoms with van der Waals surface area (Å²) in [6.07, 6.45) is 1.46. The van der Waals surface area contributed by atoms with Gasteiger partial charge < -0.3 is 14.6 Å². The number of carbonyl (C=O) groups is 1. The average molecular weight is 392 g/mol. The molecule has 6 heteroatoms. The van der Waals surface area contributed by atoms with Crippen molar-refractivity contribution in [1.29, 1.82) is 0 Å². The highest BCUT2D eigenvalue weighted by Gasteiger charge is 2.38. The number of para-hydroxylation sites is 1. The molecule has 2 aromatic carbocycles. The van der Waals surface area contributed by atoms with Gasteiger partial charge >= 0.3 is 5.97 Å². The van der Waals surface area contributed by atoms with Crippen LogP contribution in [0.3, 0.4) is 0 Å². The van der Waals surface area contributed by atoms with Crippen LogP contribution in [0, 0.1) is 0 Å². The Labute approximate surface area is 169 Å². The molecule has 1 aliphatic rings. The topological polar surface area (TPSA) is 71.9 Å². The van der Waals surface area contributed by atoms with E-state index in [9.17, 15) is 9.90 Å². The quantitative estimate of drug-likeness (QED) is 0.686. The Morgan fingerprint density at radius 1 is 1.14 bits per heavy atom. The van der Waals surface area contributed by atoms with Crippen molar-refractivity contribution in [3.8, 4) is 11.5 Å². The lowest BCUT2D eigenvalue weighted by atomic mass is 9.98. The maximum Gasteiger partial charge on any atom is 0.320 e. The lowest BCUT2D eigenvalue weighted by Gasteiger charge is -2.32. The van der Waals surface area contributed by atoms with Crippen molar-refractivity contribution in [3.63, 3.8) is 0 Å². The number of carboxylic acids is 1. The molecule has 4 rings (SSSR count). The molecule has 2 atom stereocenters. The molecule has 1 aliphatic heterocycles. The number of ether oxygens (including phenoxy) is 2. The van der Waals surface area contributed by atoms with Crippen molar-refractivity contribution in [2.45, 2.75) is 24.9 Å². The smallest absolute Gasteiger partial charge is 0.320 e. The van der Waals surface area contributed by atoms with Gasteiger partial charge in [-0.1, -0.05) is 24.3 Å². The first-order valence-corrected chi connectivity index (χ1v) is 9.68. The molecule has 0 spiro atoms. The SMILES string of the molecule is COc1ccc(C(c2ccc3ccccc3n2)N2CCCC2C(=O)O)c(OC)c1. The Morgan fingerprint density at radius 2 is 1.97 bits per heavy atom. The van der Waals surface area contributed by atoms with Gasteiger partial charge in [0, 0.05) is 23.6 Å². The van der Waals surface area contributed by atoms with Gasteiger partial charge in [-0.25, -0.2) is 0 Å². The van der Waals surface area contributed by atoms with E-state index >= 15 is 0 Å². The van der Waals surface area contributed by atoms with Crippen LogP contribution in [0.2, 0.25) is 0 Å². The molecule has 0 aliphatic carbocycles. The van der Waals surface area contributed by atoms with Gasteiger partial charge in [-0.05, 0) is 37.1 Å². The number of pyridine rings is 1. The second-order valence-electron chi connectivity index (χ2n) is 7.17. The highest BCUT2D eigenvalue weighted by atomic mass is 16.5. The van der Waals surface area contributed by atoms with Gasteiger partial charge in [0.2, 0.25) is 0 Å². The van der Waals surface area contributed by atoms with E-state index in [-0.39, 0.29) is 6.04 Å². The Hall–Kier alpha value is -3.12. The van der Waals surface area contributed by atoms with E-state index in [0.29, 0.717) is 24.5 Å². The van der Waals surface area contributed by atoms with Crippen LogP contribution in [0.25, 0.3) is 10.9 Å².